The molecule has 0 aromatic heterocycles. The second kappa shape index (κ2) is 5.67. The Hall–Kier alpha value is -1.18. The summed E-state index contributed by atoms with van der Waals surface area (Å²) in [6.45, 7) is 0.0608. The summed E-state index contributed by atoms with van der Waals surface area (Å²) in [6.07, 6.45) is 1.39. The van der Waals surface area contributed by atoms with E-state index in [1.54, 1.807) is 0 Å². The van der Waals surface area contributed by atoms with E-state index in [0.29, 0.717) is 12.8 Å². The van der Waals surface area contributed by atoms with E-state index in [9.17, 15) is 17.6 Å². The Morgan fingerprint density at radius 1 is 1.40 bits per heavy atom. The Balaban J connectivity index is 2.47. The van der Waals surface area contributed by atoms with Crippen molar-refractivity contribution in [2.75, 3.05) is 6.54 Å². The molecule has 8 heteroatoms. The summed E-state index contributed by atoms with van der Waals surface area (Å²) in [4.78, 5) is 10.6. The number of rotatable bonds is 3. The SMILES string of the molecule is O=C(O)C1CCCCN1S(=O)(=O)c1cc(Cl)ccc1F. The van der Waals surface area contributed by atoms with Crippen molar-refractivity contribution in [3.63, 3.8) is 0 Å². The van der Waals surface area contributed by atoms with Gasteiger partial charge in [0.15, 0.2) is 0 Å². The second-order valence-electron chi connectivity index (χ2n) is 4.54. The van der Waals surface area contributed by atoms with Crippen LogP contribution in [-0.4, -0.2) is 36.4 Å². The maximum absolute atomic E-state index is 13.7. The quantitative estimate of drug-likeness (QED) is 0.925. The molecule has 1 unspecified atom stereocenters. The number of hydrogen-bond donors (Lipinski definition) is 1. The largest absolute Gasteiger partial charge is 0.480 e. The molecule has 1 aromatic rings. The summed E-state index contributed by atoms with van der Waals surface area (Å²) in [5.41, 5.74) is 0. The maximum atomic E-state index is 13.7. The number of piperidine rings is 1. The summed E-state index contributed by atoms with van der Waals surface area (Å²) in [5, 5.41) is 9.19. The lowest BCUT2D eigenvalue weighted by atomic mass is 10.1. The molecule has 20 heavy (non-hydrogen) atoms. The van der Waals surface area contributed by atoms with Crippen LogP contribution in [0.2, 0.25) is 5.02 Å². The van der Waals surface area contributed by atoms with E-state index in [0.717, 1.165) is 16.4 Å². The van der Waals surface area contributed by atoms with Crippen molar-refractivity contribution in [3.05, 3.63) is 29.0 Å². The lowest BCUT2D eigenvalue weighted by molar-refractivity contribution is -0.142. The molecule has 1 fully saturated rings. The van der Waals surface area contributed by atoms with Gasteiger partial charge in [-0.15, -0.1) is 0 Å². The highest BCUT2D eigenvalue weighted by atomic mass is 35.5. The van der Waals surface area contributed by atoms with Gasteiger partial charge in [0.2, 0.25) is 10.0 Å². The highest BCUT2D eigenvalue weighted by Gasteiger charge is 2.38. The maximum Gasteiger partial charge on any atom is 0.322 e. The number of carboxylic acid groups (broad SMARTS) is 1. The van der Waals surface area contributed by atoms with E-state index >= 15 is 0 Å². The zero-order chi connectivity index (χ0) is 14.9. The third-order valence-electron chi connectivity index (χ3n) is 3.22. The summed E-state index contributed by atoms with van der Waals surface area (Å²) in [5.74, 6) is -2.17. The Morgan fingerprint density at radius 2 is 2.10 bits per heavy atom. The van der Waals surface area contributed by atoms with Crippen molar-refractivity contribution >= 4 is 27.6 Å². The van der Waals surface area contributed by atoms with Crippen molar-refractivity contribution in [1.29, 1.82) is 0 Å². The molecular weight excluding hydrogens is 309 g/mol. The summed E-state index contributed by atoms with van der Waals surface area (Å²) >= 11 is 5.69. The molecule has 0 radical (unpaired) electrons. The fourth-order valence-electron chi connectivity index (χ4n) is 2.24. The monoisotopic (exact) mass is 321 g/mol. The number of carboxylic acids is 1. The van der Waals surface area contributed by atoms with Gasteiger partial charge in [-0.2, -0.15) is 4.31 Å². The Bertz CT molecular complexity index is 634. The Morgan fingerprint density at radius 3 is 2.75 bits per heavy atom. The summed E-state index contributed by atoms with van der Waals surface area (Å²) in [6, 6.07) is 2.03. The minimum Gasteiger partial charge on any atom is -0.480 e. The minimum absolute atomic E-state index is 0.0608. The van der Waals surface area contributed by atoms with Crippen LogP contribution >= 0.6 is 11.6 Å². The number of benzene rings is 1. The highest BCUT2D eigenvalue weighted by molar-refractivity contribution is 7.89. The van der Waals surface area contributed by atoms with Gasteiger partial charge < -0.3 is 5.11 Å². The number of hydrogen-bond acceptors (Lipinski definition) is 3. The van der Waals surface area contributed by atoms with Crippen LogP contribution in [0.4, 0.5) is 4.39 Å². The zero-order valence-corrected chi connectivity index (χ0v) is 12.0. The number of halogens is 2. The average molecular weight is 322 g/mol. The average Bonchev–Trinajstić information content (AvgIpc) is 2.41. The molecule has 2 rings (SSSR count). The van der Waals surface area contributed by atoms with Crippen molar-refractivity contribution in [2.24, 2.45) is 0 Å². The van der Waals surface area contributed by atoms with Gasteiger partial charge in [-0.05, 0) is 37.5 Å². The van der Waals surface area contributed by atoms with E-state index in [1.165, 1.54) is 6.07 Å². The van der Waals surface area contributed by atoms with Crippen LogP contribution in [0.15, 0.2) is 23.1 Å². The van der Waals surface area contributed by atoms with Gasteiger partial charge in [-0.1, -0.05) is 11.6 Å². The van der Waals surface area contributed by atoms with Gasteiger partial charge >= 0.3 is 5.97 Å². The number of carbonyl (C=O) groups is 1. The molecule has 1 heterocycles. The van der Waals surface area contributed by atoms with E-state index in [1.807, 2.05) is 0 Å². The first kappa shape index (κ1) is 15.2. The smallest absolute Gasteiger partial charge is 0.322 e. The molecule has 5 nitrogen and oxygen atoms in total. The molecule has 1 aliphatic heterocycles. The van der Waals surface area contributed by atoms with E-state index in [2.05, 4.69) is 0 Å². The first-order valence-electron chi connectivity index (χ1n) is 6.04. The van der Waals surface area contributed by atoms with E-state index in [4.69, 9.17) is 16.7 Å². The molecule has 0 aliphatic carbocycles. The van der Waals surface area contributed by atoms with Gasteiger partial charge in [0.25, 0.3) is 0 Å². The molecule has 0 bridgehead atoms. The normalized spacial score (nSPS) is 20.8. The zero-order valence-electron chi connectivity index (χ0n) is 10.4. The van der Waals surface area contributed by atoms with Gasteiger partial charge in [0.05, 0.1) is 0 Å². The first-order valence-corrected chi connectivity index (χ1v) is 7.85. The predicted octanol–water partition coefficient (Wildman–Crippen LogP) is 2.11. The summed E-state index contributed by atoms with van der Waals surface area (Å²) in [7, 11) is -4.22. The molecular formula is C12H13ClFNO4S. The van der Waals surface area contributed by atoms with Crippen LogP contribution < -0.4 is 0 Å². The van der Waals surface area contributed by atoms with E-state index in [-0.39, 0.29) is 18.0 Å². The van der Waals surface area contributed by atoms with Gasteiger partial charge in [-0.3, -0.25) is 4.79 Å². The van der Waals surface area contributed by atoms with Crippen LogP contribution in [0.3, 0.4) is 0 Å². The lowest BCUT2D eigenvalue weighted by Gasteiger charge is -2.31. The Kier molecular flexibility index (Phi) is 4.31. The van der Waals surface area contributed by atoms with Crippen molar-refractivity contribution in [2.45, 2.75) is 30.2 Å². The fourth-order valence-corrected chi connectivity index (χ4v) is 4.22. The summed E-state index contributed by atoms with van der Waals surface area (Å²) < 4.78 is 39.5. The molecule has 1 aliphatic rings. The standard InChI is InChI=1S/C12H13ClFNO4S/c13-8-4-5-9(14)11(7-8)20(18,19)15-6-2-1-3-10(15)12(16)17/h4-5,7,10H,1-3,6H2,(H,16,17). The topological polar surface area (TPSA) is 74.7 Å². The van der Waals surface area contributed by atoms with Crippen LogP contribution in [0.25, 0.3) is 0 Å². The Labute approximate surface area is 121 Å². The second-order valence-corrected chi connectivity index (χ2v) is 6.84. The lowest BCUT2D eigenvalue weighted by Crippen LogP contribution is -2.48. The molecule has 1 N–H and O–H groups in total. The first-order chi connectivity index (χ1) is 9.34. The highest BCUT2D eigenvalue weighted by Crippen LogP contribution is 2.28. The fraction of sp³-hybridized carbons (Fsp3) is 0.417. The van der Waals surface area contributed by atoms with Crippen LogP contribution in [0.5, 0.6) is 0 Å². The van der Waals surface area contributed by atoms with Gasteiger partial charge in [0, 0.05) is 11.6 Å². The van der Waals surface area contributed by atoms with Crippen molar-refractivity contribution in [1.82, 2.24) is 4.31 Å². The number of nitrogens with zero attached hydrogens (tertiary/aromatic N) is 1. The minimum atomic E-state index is -4.22. The molecule has 1 aromatic carbocycles. The van der Waals surface area contributed by atoms with Gasteiger partial charge in [0.1, 0.15) is 16.8 Å². The molecule has 1 saturated heterocycles. The molecule has 1 atom stereocenters. The third-order valence-corrected chi connectivity index (χ3v) is 5.38. The molecule has 0 saturated carbocycles. The molecule has 110 valence electrons. The van der Waals surface area contributed by atoms with Crippen LogP contribution in [-0.2, 0) is 14.8 Å². The number of sulfonamides is 1. The van der Waals surface area contributed by atoms with Crippen LogP contribution in [0.1, 0.15) is 19.3 Å². The number of aliphatic carboxylic acids is 1. The van der Waals surface area contributed by atoms with Gasteiger partial charge in [-0.25, -0.2) is 12.8 Å². The predicted molar refractivity (Wildman–Crippen MR) is 70.6 cm³/mol. The van der Waals surface area contributed by atoms with Crippen LogP contribution in [0, 0.1) is 5.82 Å². The third kappa shape index (κ3) is 2.79. The van der Waals surface area contributed by atoms with E-state index < -0.39 is 32.7 Å². The van der Waals surface area contributed by atoms with Crippen molar-refractivity contribution < 1.29 is 22.7 Å². The van der Waals surface area contributed by atoms with Crippen molar-refractivity contribution in [3.8, 4) is 0 Å². The molecule has 0 amide bonds. The molecule has 0 spiro atoms.